The highest BCUT2D eigenvalue weighted by atomic mass is 19.3. The highest BCUT2D eigenvalue weighted by molar-refractivity contribution is 5.01. The Bertz CT molecular complexity index is 334. The van der Waals surface area contributed by atoms with E-state index in [9.17, 15) is 17.6 Å². The first-order chi connectivity index (χ1) is 9.89. The SMILES string of the molecule is FC(F)C(F)(F)CCCOCC12CC3CC(CC(C3)C1)C2. The lowest BCUT2D eigenvalue weighted by atomic mass is 9.50. The third kappa shape index (κ3) is 3.38. The fourth-order valence-corrected chi connectivity index (χ4v) is 5.27. The van der Waals surface area contributed by atoms with Gasteiger partial charge in [-0.3, -0.25) is 0 Å². The zero-order chi connectivity index (χ0) is 15.1. The Kier molecular flexibility index (Phi) is 4.23. The molecule has 0 amide bonds. The average molecular weight is 308 g/mol. The molecule has 4 aliphatic rings. The zero-order valence-electron chi connectivity index (χ0n) is 12.3. The molecule has 0 unspecified atom stereocenters. The number of rotatable bonds is 7. The maximum atomic E-state index is 12.8. The highest BCUT2D eigenvalue weighted by Crippen LogP contribution is 2.60. The second kappa shape index (κ2) is 5.71. The van der Waals surface area contributed by atoms with Crippen molar-refractivity contribution in [2.45, 2.75) is 63.7 Å². The van der Waals surface area contributed by atoms with Crippen molar-refractivity contribution >= 4 is 0 Å². The average Bonchev–Trinajstić information content (AvgIpc) is 2.36. The summed E-state index contributed by atoms with van der Waals surface area (Å²) in [5, 5.41) is 0. The van der Waals surface area contributed by atoms with E-state index in [1.165, 1.54) is 38.5 Å². The van der Waals surface area contributed by atoms with Crippen molar-refractivity contribution in [2.75, 3.05) is 13.2 Å². The number of ether oxygens (including phenoxy) is 1. The summed E-state index contributed by atoms with van der Waals surface area (Å²) in [6.45, 7) is 0.806. The van der Waals surface area contributed by atoms with Crippen LogP contribution in [0.4, 0.5) is 17.6 Å². The molecule has 1 nitrogen and oxygen atoms in total. The normalized spacial score (nSPS) is 38.4. The molecule has 0 aliphatic heterocycles. The summed E-state index contributed by atoms with van der Waals surface area (Å²) in [5.41, 5.74) is 0.264. The van der Waals surface area contributed by atoms with Crippen LogP contribution in [0.2, 0.25) is 0 Å². The molecule has 0 aromatic rings. The molecule has 4 fully saturated rings. The summed E-state index contributed by atoms with van der Waals surface area (Å²) in [4.78, 5) is 0. The van der Waals surface area contributed by atoms with E-state index in [1.54, 1.807) is 0 Å². The molecule has 0 saturated heterocycles. The second-order valence-electron chi connectivity index (χ2n) is 7.64. The minimum Gasteiger partial charge on any atom is -0.381 e. The van der Waals surface area contributed by atoms with Gasteiger partial charge in [0.1, 0.15) is 0 Å². The van der Waals surface area contributed by atoms with E-state index in [1.807, 2.05) is 0 Å². The van der Waals surface area contributed by atoms with Gasteiger partial charge >= 0.3 is 12.3 Å². The largest absolute Gasteiger partial charge is 0.381 e. The molecular formula is C16H24F4O. The van der Waals surface area contributed by atoms with E-state index in [4.69, 9.17) is 4.74 Å². The molecule has 5 heteroatoms. The van der Waals surface area contributed by atoms with Crippen molar-refractivity contribution in [3.63, 3.8) is 0 Å². The van der Waals surface area contributed by atoms with Gasteiger partial charge in [-0.2, -0.15) is 0 Å². The molecule has 0 atom stereocenters. The lowest BCUT2D eigenvalue weighted by Crippen LogP contribution is -2.48. The first-order valence-electron chi connectivity index (χ1n) is 8.12. The Hall–Kier alpha value is -0.320. The fourth-order valence-electron chi connectivity index (χ4n) is 5.27. The summed E-state index contributed by atoms with van der Waals surface area (Å²) < 4.78 is 55.3. The van der Waals surface area contributed by atoms with Crippen LogP contribution >= 0.6 is 0 Å². The van der Waals surface area contributed by atoms with Crippen LogP contribution in [0.15, 0.2) is 0 Å². The Balaban J connectivity index is 1.40. The van der Waals surface area contributed by atoms with Crippen LogP contribution in [0.25, 0.3) is 0 Å². The molecule has 0 radical (unpaired) electrons. The molecule has 0 heterocycles. The van der Waals surface area contributed by atoms with Crippen LogP contribution in [-0.4, -0.2) is 25.6 Å². The number of alkyl halides is 4. The monoisotopic (exact) mass is 308 g/mol. The van der Waals surface area contributed by atoms with Crippen LogP contribution in [0, 0.1) is 23.2 Å². The van der Waals surface area contributed by atoms with Gasteiger partial charge in [-0.05, 0) is 68.1 Å². The third-order valence-electron chi connectivity index (χ3n) is 5.69. The maximum absolute atomic E-state index is 12.8. The van der Waals surface area contributed by atoms with Gasteiger partial charge in [-0.25, -0.2) is 17.6 Å². The topological polar surface area (TPSA) is 9.23 Å². The first kappa shape index (κ1) is 15.6. The van der Waals surface area contributed by atoms with Crippen LogP contribution in [0.1, 0.15) is 51.4 Å². The van der Waals surface area contributed by atoms with Gasteiger partial charge in [-0.1, -0.05) is 0 Å². The molecule has 0 spiro atoms. The summed E-state index contributed by atoms with van der Waals surface area (Å²) in [6.07, 6.45) is 3.38. The van der Waals surface area contributed by atoms with E-state index in [0.29, 0.717) is 6.61 Å². The molecule has 122 valence electrons. The molecular weight excluding hydrogens is 284 g/mol. The Morgan fingerprint density at radius 1 is 1.00 bits per heavy atom. The third-order valence-corrected chi connectivity index (χ3v) is 5.69. The highest BCUT2D eigenvalue weighted by Gasteiger charge is 2.50. The Morgan fingerprint density at radius 3 is 2.00 bits per heavy atom. The van der Waals surface area contributed by atoms with Gasteiger partial charge in [0, 0.05) is 13.0 Å². The molecule has 0 N–H and O–H groups in total. The van der Waals surface area contributed by atoms with E-state index >= 15 is 0 Å². The fraction of sp³-hybridized carbons (Fsp3) is 1.00. The lowest BCUT2D eigenvalue weighted by molar-refractivity contribution is -0.138. The van der Waals surface area contributed by atoms with Crippen molar-refractivity contribution in [1.29, 1.82) is 0 Å². The quantitative estimate of drug-likeness (QED) is 0.480. The van der Waals surface area contributed by atoms with Crippen LogP contribution in [0.3, 0.4) is 0 Å². The maximum Gasteiger partial charge on any atom is 0.307 e. The van der Waals surface area contributed by atoms with Crippen LogP contribution in [0.5, 0.6) is 0 Å². The van der Waals surface area contributed by atoms with Crippen molar-refractivity contribution in [2.24, 2.45) is 23.2 Å². The summed E-state index contributed by atoms with van der Waals surface area (Å²) in [5.74, 6) is -1.36. The molecule has 0 aromatic carbocycles. The molecule has 0 aromatic heterocycles. The summed E-state index contributed by atoms with van der Waals surface area (Å²) in [6, 6.07) is 0. The van der Waals surface area contributed by atoms with Gasteiger partial charge in [-0.15, -0.1) is 0 Å². The molecule has 4 rings (SSSR count). The first-order valence-corrected chi connectivity index (χ1v) is 8.12. The van der Waals surface area contributed by atoms with Crippen molar-refractivity contribution in [1.82, 2.24) is 0 Å². The van der Waals surface area contributed by atoms with Crippen LogP contribution in [-0.2, 0) is 4.74 Å². The number of hydrogen-bond donors (Lipinski definition) is 0. The smallest absolute Gasteiger partial charge is 0.307 e. The van der Waals surface area contributed by atoms with Crippen LogP contribution < -0.4 is 0 Å². The van der Waals surface area contributed by atoms with E-state index in [-0.39, 0.29) is 18.4 Å². The predicted octanol–water partition coefficient (Wildman–Crippen LogP) is 4.90. The van der Waals surface area contributed by atoms with Crippen molar-refractivity contribution < 1.29 is 22.3 Å². The summed E-state index contributed by atoms with van der Waals surface area (Å²) >= 11 is 0. The van der Waals surface area contributed by atoms with Gasteiger partial charge < -0.3 is 4.74 Å². The Labute approximate surface area is 123 Å². The van der Waals surface area contributed by atoms with Gasteiger partial charge in [0.05, 0.1) is 6.61 Å². The lowest BCUT2D eigenvalue weighted by Gasteiger charge is -2.56. The van der Waals surface area contributed by atoms with E-state index < -0.39 is 18.8 Å². The van der Waals surface area contributed by atoms with Crippen molar-refractivity contribution in [3.8, 4) is 0 Å². The minimum atomic E-state index is -3.87. The number of hydrogen-bond acceptors (Lipinski definition) is 1. The summed E-state index contributed by atoms with van der Waals surface area (Å²) in [7, 11) is 0. The van der Waals surface area contributed by atoms with Crippen molar-refractivity contribution in [3.05, 3.63) is 0 Å². The predicted molar refractivity (Wildman–Crippen MR) is 71.6 cm³/mol. The second-order valence-corrected chi connectivity index (χ2v) is 7.64. The van der Waals surface area contributed by atoms with Gasteiger partial charge in [0.2, 0.25) is 0 Å². The standard InChI is InChI=1S/C16H24F4O/c17-14(18)16(19,20)2-1-3-21-10-15-7-11-4-12(8-15)6-13(5-11)9-15/h11-14H,1-10H2. The minimum absolute atomic E-state index is 0.00368. The molecule has 21 heavy (non-hydrogen) atoms. The molecule has 4 bridgehead atoms. The Morgan fingerprint density at radius 2 is 1.52 bits per heavy atom. The molecule has 4 aliphatic carbocycles. The van der Waals surface area contributed by atoms with E-state index in [2.05, 4.69) is 0 Å². The molecule has 4 saturated carbocycles. The number of halogens is 4. The van der Waals surface area contributed by atoms with Gasteiger partial charge in [0.25, 0.3) is 0 Å². The van der Waals surface area contributed by atoms with E-state index in [0.717, 1.165) is 17.8 Å². The van der Waals surface area contributed by atoms with Gasteiger partial charge in [0.15, 0.2) is 0 Å². The zero-order valence-corrected chi connectivity index (χ0v) is 12.3.